The number of methoxy groups -OCH3 is 1. The van der Waals surface area contributed by atoms with E-state index in [-0.39, 0.29) is 17.4 Å². The van der Waals surface area contributed by atoms with E-state index in [4.69, 9.17) is 4.74 Å². The molecule has 0 aliphatic rings. The van der Waals surface area contributed by atoms with E-state index < -0.39 is 0 Å². The number of ether oxygens (including phenoxy) is 1. The molecule has 0 bridgehead atoms. The van der Waals surface area contributed by atoms with Crippen molar-refractivity contribution < 1.29 is 9.53 Å². The minimum absolute atomic E-state index is 0.108. The Kier molecular flexibility index (Phi) is 6.60. The van der Waals surface area contributed by atoms with Gasteiger partial charge >= 0.3 is 0 Å². The molecule has 4 nitrogen and oxygen atoms in total. The van der Waals surface area contributed by atoms with E-state index in [9.17, 15) is 4.79 Å². The van der Waals surface area contributed by atoms with Crippen molar-refractivity contribution in [1.82, 2.24) is 10.2 Å². The fraction of sp³-hybridized carbons (Fsp3) is 0.917. The summed E-state index contributed by atoms with van der Waals surface area (Å²) in [5, 5.41) is 3.06. The summed E-state index contributed by atoms with van der Waals surface area (Å²) in [6, 6.07) is 0.226. The third-order valence-corrected chi connectivity index (χ3v) is 2.99. The summed E-state index contributed by atoms with van der Waals surface area (Å²) < 4.78 is 4.90. The van der Waals surface area contributed by atoms with Crippen molar-refractivity contribution >= 4 is 5.91 Å². The van der Waals surface area contributed by atoms with Gasteiger partial charge in [-0.25, -0.2) is 0 Å². The van der Waals surface area contributed by atoms with Gasteiger partial charge in [0.15, 0.2) is 0 Å². The maximum atomic E-state index is 11.8. The number of nitrogens with zero attached hydrogens (tertiary/aromatic N) is 1. The zero-order valence-electron chi connectivity index (χ0n) is 11.5. The van der Waals surface area contributed by atoms with Gasteiger partial charge in [-0.1, -0.05) is 20.8 Å². The third-order valence-electron chi connectivity index (χ3n) is 2.99. The number of likely N-dealkylation sites (N-methyl/N-ethyl adjacent to an activating group) is 1. The molecule has 0 saturated carbocycles. The minimum atomic E-state index is 0.108. The van der Waals surface area contributed by atoms with Gasteiger partial charge in [-0.3, -0.25) is 4.79 Å². The molecular formula is C12H26N2O2. The second-order valence-electron chi connectivity index (χ2n) is 5.22. The molecule has 1 unspecified atom stereocenters. The van der Waals surface area contributed by atoms with Crippen LogP contribution in [0, 0.1) is 5.41 Å². The molecule has 0 aromatic heterocycles. The highest BCUT2D eigenvalue weighted by Gasteiger charge is 2.26. The van der Waals surface area contributed by atoms with Crippen LogP contribution in [0.15, 0.2) is 0 Å². The monoisotopic (exact) mass is 230 g/mol. The van der Waals surface area contributed by atoms with E-state index >= 15 is 0 Å². The Hall–Kier alpha value is -0.610. The topological polar surface area (TPSA) is 41.6 Å². The van der Waals surface area contributed by atoms with E-state index in [0.29, 0.717) is 19.7 Å². The molecule has 0 aromatic rings. The smallest absolute Gasteiger partial charge is 0.236 e. The Balaban J connectivity index is 3.99. The lowest BCUT2D eigenvalue weighted by Gasteiger charge is -2.35. The molecule has 4 heteroatoms. The molecule has 0 aliphatic carbocycles. The van der Waals surface area contributed by atoms with Crippen molar-refractivity contribution in [2.45, 2.75) is 33.7 Å². The second-order valence-corrected chi connectivity index (χ2v) is 5.22. The predicted molar refractivity (Wildman–Crippen MR) is 66.4 cm³/mol. The normalized spacial score (nSPS) is 13.6. The average Bonchev–Trinajstić information content (AvgIpc) is 2.20. The third kappa shape index (κ3) is 5.47. The Bertz CT molecular complexity index is 212. The van der Waals surface area contributed by atoms with Crippen LogP contribution in [0.1, 0.15) is 27.7 Å². The Morgan fingerprint density at radius 3 is 2.44 bits per heavy atom. The van der Waals surface area contributed by atoms with Gasteiger partial charge in [0, 0.05) is 26.7 Å². The van der Waals surface area contributed by atoms with E-state index in [0.717, 1.165) is 0 Å². The van der Waals surface area contributed by atoms with Crippen LogP contribution >= 0.6 is 0 Å². The first-order chi connectivity index (χ1) is 7.30. The lowest BCUT2D eigenvalue weighted by Crippen LogP contribution is -2.46. The van der Waals surface area contributed by atoms with Gasteiger partial charge in [-0.15, -0.1) is 0 Å². The number of hydrogen-bond donors (Lipinski definition) is 1. The molecule has 0 radical (unpaired) electrons. The van der Waals surface area contributed by atoms with E-state index in [2.05, 4.69) is 33.0 Å². The van der Waals surface area contributed by atoms with Crippen LogP contribution < -0.4 is 5.32 Å². The largest absolute Gasteiger partial charge is 0.383 e. The van der Waals surface area contributed by atoms with E-state index in [1.165, 1.54) is 0 Å². The van der Waals surface area contributed by atoms with Crippen molar-refractivity contribution in [2.24, 2.45) is 5.41 Å². The van der Waals surface area contributed by atoms with Crippen LogP contribution in [0.25, 0.3) is 0 Å². The lowest BCUT2D eigenvalue weighted by molar-refractivity contribution is -0.132. The van der Waals surface area contributed by atoms with Crippen LogP contribution in [0.4, 0.5) is 0 Å². The van der Waals surface area contributed by atoms with Gasteiger partial charge in [-0.05, 0) is 12.3 Å². The van der Waals surface area contributed by atoms with Gasteiger partial charge in [-0.2, -0.15) is 0 Å². The van der Waals surface area contributed by atoms with Crippen LogP contribution in [-0.2, 0) is 9.53 Å². The van der Waals surface area contributed by atoms with Crippen LogP contribution in [0.3, 0.4) is 0 Å². The van der Waals surface area contributed by atoms with Crippen molar-refractivity contribution in [1.29, 1.82) is 0 Å². The quantitative estimate of drug-likeness (QED) is 0.695. The Morgan fingerprint density at radius 1 is 1.44 bits per heavy atom. The van der Waals surface area contributed by atoms with Gasteiger partial charge < -0.3 is 15.0 Å². The Morgan fingerprint density at radius 2 is 2.00 bits per heavy atom. The van der Waals surface area contributed by atoms with Gasteiger partial charge in [0.25, 0.3) is 0 Å². The maximum absolute atomic E-state index is 11.8. The summed E-state index contributed by atoms with van der Waals surface area (Å²) in [5.41, 5.74) is 0.108. The highest BCUT2D eigenvalue weighted by atomic mass is 16.5. The molecule has 0 fully saturated rings. The summed E-state index contributed by atoms with van der Waals surface area (Å²) >= 11 is 0. The van der Waals surface area contributed by atoms with Crippen molar-refractivity contribution in [3.8, 4) is 0 Å². The van der Waals surface area contributed by atoms with Crippen LogP contribution in [0.5, 0.6) is 0 Å². The molecule has 0 aliphatic heterocycles. The number of carbonyl (C=O) groups excluding carboxylic acids is 1. The second kappa shape index (κ2) is 6.86. The number of nitrogens with one attached hydrogen (secondary N) is 1. The summed E-state index contributed by atoms with van der Waals surface area (Å²) in [4.78, 5) is 13.6. The zero-order chi connectivity index (χ0) is 12.8. The van der Waals surface area contributed by atoms with E-state index in [1.807, 2.05) is 7.05 Å². The minimum Gasteiger partial charge on any atom is -0.383 e. The molecule has 16 heavy (non-hydrogen) atoms. The maximum Gasteiger partial charge on any atom is 0.236 e. The van der Waals surface area contributed by atoms with E-state index in [1.54, 1.807) is 12.0 Å². The first-order valence-corrected chi connectivity index (χ1v) is 5.76. The molecule has 0 rings (SSSR count). The molecule has 96 valence electrons. The van der Waals surface area contributed by atoms with Crippen molar-refractivity contribution in [3.05, 3.63) is 0 Å². The molecule has 1 amide bonds. The highest BCUT2D eigenvalue weighted by Crippen LogP contribution is 2.22. The number of carbonyl (C=O) groups is 1. The summed E-state index contributed by atoms with van der Waals surface area (Å²) in [6.07, 6.45) is 0. The molecular weight excluding hydrogens is 204 g/mol. The van der Waals surface area contributed by atoms with Gasteiger partial charge in [0.2, 0.25) is 5.91 Å². The molecule has 0 saturated heterocycles. The van der Waals surface area contributed by atoms with Crippen LogP contribution in [-0.4, -0.2) is 50.7 Å². The van der Waals surface area contributed by atoms with Gasteiger partial charge in [0.05, 0.1) is 13.2 Å². The molecule has 0 aromatic carbocycles. The van der Waals surface area contributed by atoms with Gasteiger partial charge in [0.1, 0.15) is 0 Å². The average molecular weight is 230 g/mol. The lowest BCUT2D eigenvalue weighted by atomic mass is 9.87. The van der Waals surface area contributed by atoms with Crippen LogP contribution in [0.2, 0.25) is 0 Å². The summed E-state index contributed by atoms with van der Waals surface area (Å²) in [5.74, 6) is 0.124. The summed E-state index contributed by atoms with van der Waals surface area (Å²) in [6.45, 7) is 10.2. The predicted octanol–water partition coefficient (Wildman–Crippen LogP) is 1.12. The fourth-order valence-electron chi connectivity index (χ4n) is 1.29. The molecule has 0 heterocycles. The molecule has 1 N–H and O–H groups in total. The summed E-state index contributed by atoms with van der Waals surface area (Å²) in [7, 11) is 3.51. The zero-order valence-corrected chi connectivity index (χ0v) is 11.5. The van der Waals surface area contributed by atoms with Crippen molar-refractivity contribution in [3.63, 3.8) is 0 Å². The van der Waals surface area contributed by atoms with Crippen molar-refractivity contribution in [2.75, 3.05) is 33.9 Å². The first kappa shape index (κ1) is 15.4. The highest BCUT2D eigenvalue weighted by molar-refractivity contribution is 5.78. The number of amides is 1. The molecule has 1 atom stereocenters. The first-order valence-electron chi connectivity index (χ1n) is 5.76. The SMILES string of the molecule is COCCNCC(=O)N(C)C(C)C(C)(C)C. The fourth-order valence-corrected chi connectivity index (χ4v) is 1.29. The number of rotatable bonds is 6. The molecule has 0 spiro atoms. The Labute approximate surface area is 99.3 Å². The standard InChI is InChI=1S/C12H26N2O2/c1-10(12(2,3)4)14(5)11(15)9-13-7-8-16-6/h10,13H,7-9H2,1-6H3. The number of hydrogen-bond acceptors (Lipinski definition) is 3.